The molecule has 0 N–H and O–H groups in total. The summed E-state index contributed by atoms with van der Waals surface area (Å²) in [5, 5.41) is 0. The van der Waals surface area contributed by atoms with E-state index in [2.05, 4.69) is 98.4 Å². The molecular weight excluding hydrogens is 596 g/mol. The molecule has 0 bridgehead atoms. The minimum Gasteiger partial charge on any atom is -0.456 e. The quantitative estimate of drug-likeness (QED) is 0.179. The van der Waals surface area contributed by atoms with Crippen molar-refractivity contribution < 1.29 is 19.1 Å². The van der Waals surface area contributed by atoms with Gasteiger partial charge in [0.1, 0.15) is 5.60 Å². The number of carbonyl (C=O) groups is 2. The molecule has 2 aliphatic rings. The van der Waals surface area contributed by atoms with Gasteiger partial charge in [0.05, 0.1) is 11.1 Å². The van der Waals surface area contributed by atoms with E-state index in [-0.39, 0.29) is 0 Å². The Kier molecular flexibility index (Phi) is 7.24. The molecule has 0 fully saturated rings. The van der Waals surface area contributed by atoms with Gasteiger partial charge in [-0.15, -0.1) is 0 Å². The lowest BCUT2D eigenvalue weighted by molar-refractivity contribution is 0.00692. The Morgan fingerprint density at radius 2 is 1.12 bits per heavy atom. The maximum absolute atomic E-state index is 13.8. The number of nitrogens with zero attached hydrogens (tertiary/aromatic N) is 2. The van der Waals surface area contributed by atoms with Crippen LogP contribution < -0.4 is 9.80 Å². The van der Waals surface area contributed by atoms with Gasteiger partial charge in [0, 0.05) is 59.0 Å². The largest absolute Gasteiger partial charge is 0.456 e. The minimum absolute atomic E-state index is 0.371. The zero-order valence-electron chi connectivity index (χ0n) is 28.5. The molecule has 1 aliphatic carbocycles. The lowest BCUT2D eigenvalue weighted by atomic mass is 9.61. The summed E-state index contributed by atoms with van der Waals surface area (Å²) in [7, 11) is 4.11. The van der Waals surface area contributed by atoms with Crippen molar-refractivity contribution in [2.75, 3.05) is 23.9 Å². The van der Waals surface area contributed by atoms with Gasteiger partial charge in [-0.2, -0.15) is 0 Å². The predicted octanol–water partition coefficient (Wildman–Crippen LogP) is 9.28. The van der Waals surface area contributed by atoms with Crippen molar-refractivity contribution in [2.24, 2.45) is 0 Å². The summed E-state index contributed by atoms with van der Waals surface area (Å²) in [6.45, 7) is 9.98. The van der Waals surface area contributed by atoms with Crippen LogP contribution in [0.25, 0.3) is 0 Å². The standard InChI is InChI=1S/C42H40N2O4/c1-40(2,3)47-38(45)27-18-21-32-35(24-27)42(48-39(32)46)33-22-19-30(43(6)28-14-10-8-11-15-28)25-36(33)41(4,5)37-26-31(20-23-34(37)42)44(7)29-16-12-9-13-17-29/h8-26H,1-7H3. The molecule has 0 saturated heterocycles. The molecule has 6 nitrogen and oxygen atoms in total. The van der Waals surface area contributed by atoms with Crippen LogP contribution in [-0.2, 0) is 20.5 Å². The first-order valence-electron chi connectivity index (χ1n) is 16.3. The van der Waals surface area contributed by atoms with Crippen molar-refractivity contribution >= 4 is 34.7 Å². The summed E-state index contributed by atoms with van der Waals surface area (Å²) in [5.41, 5.74) is 7.02. The molecule has 48 heavy (non-hydrogen) atoms. The third kappa shape index (κ3) is 4.94. The first-order chi connectivity index (χ1) is 22.8. The highest BCUT2D eigenvalue weighted by molar-refractivity contribution is 5.99. The fraction of sp³-hybridized carbons (Fsp3) is 0.238. The number of ether oxygens (including phenoxy) is 2. The molecular formula is C42H40N2O4. The Morgan fingerprint density at radius 1 is 0.625 bits per heavy atom. The van der Waals surface area contributed by atoms with E-state index < -0.39 is 28.6 Å². The monoisotopic (exact) mass is 636 g/mol. The molecule has 0 saturated carbocycles. The van der Waals surface area contributed by atoms with E-state index >= 15 is 0 Å². The third-order valence-corrected chi connectivity index (χ3v) is 9.67. The fourth-order valence-corrected chi connectivity index (χ4v) is 7.15. The Balaban J connectivity index is 1.48. The number of hydrogen-bond donors (Lipinski definition) is 0. The Labute approximate surface area is 282 Å². The van der Waals surface area contributed by atoms with Crippen LogP contribution in [0.3, 0.4) is 0 Å². The molecule has 0 atom stereocenters. The molecule has 1 aliphatic heterocycles. The van der Waals surface area contributed by atoms with E-state index in [1.807, 2.05) is 57.2 Å². The first-order valence-corrected chi connectivity index (χ1v) is 16.3. The van der Waals surface area contributed by atoms with Crippen molar-refractivity contribution in [3.8, 4) is 0 Å². The average Bonchev–Trinajstić information content (AvgIpc) is 3.38. The highest BCUT2D eigenvalue weighted by atomic mass is 16.6. The molecule has 1 spiro atoms. The Bertz CT molecular complexity index is 1960. The van der Waals surface area contributed by atoms with Crippen molar-refractivity contribution in [1.29, 1.82) is 0 Å². The van der Waals surface area contributed by atoms with Crippen LogP contribution in [0.15, 0.2) is 115 Å². The number of para-hydroxylation sites is 2. The molecule has 0 aromatic heterocycles. The lowest BCUT2D eigenvalue weighted by Gasteiger charge is -2.45. The first kappa shape index (κ1) is 31.3. The summed E-state index contributed by atoms with van der Waals surface area (Å²) < 4.78 is 12.3. The summed E-state index contributed by atoms with van der Waals surface area (Å²) >= 11 is 0. The van der Waals surface area contributed by atoms with Crippen LogP contribution in [0.2, 0.25) is 0 Å². The van der Waals surface area contributed by atoms with Crippen molar-refractivity contribution in [3.63, 3.8) is 0 Å². The molecule has 7 rings (SSSR count). The summed E-state index contributed by atoms with van der Waals surface area (Å²) in [4.78, 5) is 31.5. The number of hydrogen-bond acceptors (Lipinski definition) is 6. The second-order valence-corrected chi connectivity index (χ2v) is 14.2. The Hall–Kier alpha value is -5.36. The molecule has 1 heterocycles. The van der Waals surface area contributed by atoms with Crippen molar-refractivity contribution in [1.82, 2.24) is 0 Å². The molecule has 0 amide bonds. The number of anilines is 4. The van der Waals surface area contributed by atoms with E-state index in [1.54, 1.807) is 18.2 Å². The smallest absolute Gasteiger partial charge is 0.340 e. The van der Waals surface area contributed by atoms with E-state index in [9.17, 15) is 9.59 Å². The van der Waals surface area contributed by atoms with Gasteiger partial charge in [0.25, 0.3) is 0 Å². The number of esters is 2. The average molecular weight is 637 g/mol. The van der Waals surface area contributed by atoms with Crippen molar-refractivity contribution in [2.45, 2.75) is 51.2 Å². The highest BCUT2D eigenvalue weighted by Crippen LogP contribution is 2.58. The number of carbonyl (C=O) groups excluding carboxylic acids is 2. The highest BCUT2D eigenvalue weighted by Gasteiger charge is 2.56. The van der Waals surface area contributed by atoms with E-state index in [0.29, 0.717) is 16.7 Å². The zero-order valence-corrected chi connectivity index (χ0v) is 28.5. The normalized spacial score (nSPS) is 15.2. The molecule has 6 heteroatoms. The predicted molar refractivity (Wildman–Crippen MR) is 191 cm³/mol. The number of rotatable bonds is 5. The van der Waals surface area contributed by atoms with E-state index in [4.69, 9.17) is 9.47 Å². The maximum Gasteiger partial charge on any atom is 0.340 e. The fourth-order valence-electron chi connectivity index (χ4n) is 7.15. The van der Waals surface area contributed by atoms with Crippen molar-refractivity contribution in [3.05, 3.63) is 154 Å². The van der Waals surface area contributed by atoms with Gasteiger partial charge in [-0.3, -0.25) is 0 Å². The summed E-state index contributed by atoms with van der Waals surface area (Å²) in [5.74, 6) is -0.871. The lowest BCUT2D eigenvalue weighted by Crippen LogP contribution is -2.41. The summed E-state index contributed by atoms with van der Waals surface area (Å²) in [6.07, 6.45) is 0. The third-order valence-electron chi connectivity index (χ3n) is 9.67. The Morgan fingerprint density at radius 3 is 1.60 bits per heavy atom. The second kappa shape index (κ2) is 11.1. The van der Waals surface area contributed by atoms with Crippen LogP contribution in [-0.4, -0.2) is 31.6 Å². The minimum atomic E-state index is -1.27. The molecule has 5 aromatic carbocycles. The van der Waals surface area contributed by atoms with Crippen LogP contribution in [0.5, 0.6) is 0 Å². The number of benzene rings is 5. The zero-order chi connectivity index (χ0) is 34.0. The van der Waals surface area contributed by atoms with Gasteiger partial charge in [0.15, 0.2) is 5.60 Å². The van der Waals surface area contributed by atoms with Crippen LogP contribution >= 0.6 is 0 Å². The SMILES string of the molecule is CN(c1ccccc1)c1ccc2c(c1)C(C)(C)c1cc(N(C)c3ccccc3)ccc1C21OC(=O)c2ccc(C(=O)OC(C)(C)C)cc21. The van der Waals surface area contributed by atoms with Gasteiger partial charge >= 0.3 is 11.9 Å². The van der Waals surface area contributed by atoms with E-state index in [0.717, 1.165) is 45.0 Å². The number of fused-ring (bicyclic) bond motifs is 6. The van der Waals surface area contributed by atoms with Gasteiger partial charge in [0.2, 0.25) is 0 Å². The molecule has 242 valence electrons. The van der Waals surface area contributed by atoms with E-state index in [1.165, 1.54) is 0 Å². The maximum atomic E-state index is 13.8. The van der Waals surface area contributed by atoms with Crippen LogP contribution in [0, 0.1) is 0 Å². The molecule has 5 aromatic rings. The van der Waals surface area contributed by atoms with Gasteiger partial charge < -0.3 is 19.3 Å². The van der Waals surface area contributed by atoms with Crippen LogP contribution in [0.4, 0.5) is 22.7 Å². The summed E-state index contributed by atoms with van der Waals surface area (Å²) in [6, 6.07) is 38.4. The second-order valence-electron chi connectivity index (χ2n) is 14.2. The molecule has 0 radical (unpaired) electrons. The van der Waals surface area contributed by atoms with Crippen LogP contribution in [0.1, 0.15) is 83.2 Å². The molecule has 0 unspecified atom stereocenters. The topological polar surface area (TPSA) is 59.1 Å². The van der Waals surface area contributed by atoms with Gasteiger partial charge in [-0.25, -0.2) is 9.59 Å². The van der Waals surface area contributed by atoms with Gasteiger partial charge in [-0.05, 0) is 98.6 Å². The van der Waals surface area contributed by atoms with Gasteiger partial charge in [-0.1, -0.05) is 62.4 Å².